The zero-order chi connectivity index (χ0) is 17.6. The Kier molecular flexibility index (Phi) is 5.33. The van der Waals surface area contributed by atoms with Gasteiger partial charge >= 0.3 is 6.61 Å². The van der Waals surface area contributed by atoms with Crippen molar-refractivity contribution in [2.75, 3.05) is 13.2 Å². The van der Waals surface area contributed by atoms with Crippen molar-refractivity contribution in [2.45, 2.75) is 19.1 Å². The second-order valence-corrected chi connectivity index (χ2v) is 5.43. The summed E-state index contributed by atoms with van der Waals surface area (Å²) < 4.78 is 39.6. The first-order valence-electron chi connectivity index (χ1n) is 7.82. The van der Waals surface area contributed by atoms with E-state index in [1.807, 2.05) is 12.1 Å². The van der Waals surface area contributed by atoms with Crippen LogP contribution in [0.5, 0.6) is 17.2 Å². The lowest BCUT2D eigenvalue weighted by molar-refractivity contribution is -0.130. The molecule has 0 bridgehead atoms. The number of carbonyl (C=O) groups is 1. The Labute approximate surface area is 143 Å². The second kappa shape index (κ2) is 7.83. The molecular weight excluding hydrogens is 332 g/mol. The predicted molar refractivity (Wildman–Crippen MR) is 86.1 cm³/mol. The Morgan fingerprint density at radius 1 is 1.16 bits per heavy atom. The highest BCUT2D eigenvalue weighted by molar-refractivity contribution is 5.81. The number of para-hydroxylation sites is 2. The minimum absolute atomic E-state index is 0.106. The Morgan fingerprint density at radius 2 is 1.88 bits per heavy atom. The van der Waals surface area contributed by atoms with E-state index in [1.54, 1.807) is 24.3 Å². The van der Waals surface area contributed by atoms with E-state index in [0.717, 1.165) is 5.56 Å². The molecule has 0 radical (unpaired) electrons. The van der Waals surface area contributed by atoms with E-state index in [4.69, 9.17) is 9.47 Å². The molecule has 1 unspecified atom stereocenters. The summed E-state index contributed by atoms with van der Waals surface area (Å²) in [5.74, 6) is 1.02. The lowest BCUT2D eigenvalue weighted by Crippen LogP contribution is -2.44. The molecule has 0 saturated heterocycles. The summed E-state index contributed by atoms with van der Waals surface area (Å²) >= 11 is 0. The zero-order valence-electron chi connectivity index (χ0n) is 13.3. The van der Waals surface area contributed by atoms with E-state index < -0.39 is 12.7 Å². The Balaban J connectivity index is 1.45. The van der Waals surface area contributed by atoms with Crippen LogP contribution >= 0.6 is 0 Å². The van der Waals surface area contributed by atoms with Crippen molar-refractivity contribution in [3.05, 3.63) is 54.1 Å². The fourth-order valence-corrected chi connectivity index (χ4v) is 2.43. The number of hydrogen-bond acceptors (Lipinski definition) is 4. The molecular formula is C18H17F2NO4. The number of fused-ring (bicyclic) bond motifs is 1. The highest BCUT2D eigenvalue weighted by Gasteiger charge is 2.26. The van der Waals surface area contributed by atoms with Gasteiger partial charge in [0.2, 0.25) is 6.10 Å². The molecule has 1 aliphatic heterocycles. The standard InChI is InChI=1S/C18H17F2NO4/c19-18(20)24-13-7-5-12(6-8-13)9-10-21-17(22)16-11-23-14-3-1-2-4-15(14)25-16/h1-8,16,18H,9-11H2,(H,21,22). The molecule has 0 spiro atoms. The lowest BCUT2D eigenvalue weighted by Gasteiger charge is -2.25. The van der Waals surface area contributed by atoms with Crippen molar-refractivity contribution >= 4 is 5.91 Å². The van der Waals surface area contributed by atoms with Gasteiger partial charge in [-0.05, 0) is 36.2 Å². The van der Waals surface area contributed by atoms with E-state index in [9.17, 15) is 13.6 Å². The van der Waals surface area contributed by atoms with Crippen LogP contribution in [0.1, 0.15) is 5.56 Å². The van der Waals surface area contributed by atoms with Gasteiger partial charge in [-0.25, -0.2) is 0 Å². The third-order valence-corrected chi connectivity index (χ3v) is 3.66. The molecule has 1 amide bonds. The lowest BCUT2D eigenvalue weighted by atomic mass is 10.1. The van der Waals surface area contributed by atoms with E-state index in [-0.39, 0.29) is 18.3 Å². The third kappa shape index (κ3) is 4.59. The molecule has 2 aromatic carbocycles. The molecule has 25 heavy (non-hydrogen) atoms. The van der Waals surface area contributed by atoms with Gasteiger partial charge in [0.05, 0.1) is 0 Å². The van der Waals surface area contributed by atoms with Crippen LogP contribution in [0.2, 0.25) is 0 Å². The summed E-state index contributed by atoms with van der Waals surface area (Å²) in [6.07, 6.45) is -0.137. The minimum Gasteiger partial charge on any atom is -0.485 e. The summed E-state index contributed by atoms with van der Waals surface area (Å²) in [6.45, 7) is -2.29. The summed E-state index contributed by atoms with van der Waals surface area (Å²) in [5.41, 5.74) is 0.896. The van der Waals surface area contributed by atoms with E-state index in [1.165, 1.54) is 12.1 Å². The highest BCUT2D eigenvalue weighted by Crippen LogP contribution is 2.30. The highest BCUT2D eigenvalue weighted by atomic mass is 19.3. The van der Waals surface area contributed by atoms with Crippen molar-refractivity contribution in [2.24, 2.45) is 0 Å². The molecule has 132 valence electrons. The maximum atomic E-state index is 12.2. The van der Waals surface area contributed by atoms with Crippen LogP contribution in [0, 0.1) is 0 Å². The van der Waals surface area contributed by atoms with Crippen LogP contribution in [0.4, 0.5) is 8.78 Å². The number of nitrogens with one attached hydrogen (secondary N) is 1. The number of benzene rings is 2. The van der Waals surface area contributed by atoms with Crippen LogP contribution in [-0.4, -0.2) is 31.8 Å². The van der Waals surface area contributed by atoms with Gasteiger partial charge in [0.25, 0.3) is 5.91 Å². The van der Waals surface area contributed by atoms with Crippen molar-refractivity contribution in [3.63, 3.8) is 0 Å². The molecule has 5 nitrogen and oxygen atoms in total. The number of carbonyl (C=O) groups excluding carboxylic acids is 1. The summed E-state index contributed by atoms with van der Waals surface area (Å²) in [7, 11) is 0. The number of amides is 1. The number of halogens is 2. The van der Waals surface area contributed by atoms with Gasteiger partial charge in [-0.15, -0.1) is 0 Å². The molecule has 0 saturated carbocycles. The molecule has 1 aliphatic rings. The first-order valence-corrected chi connectivity index (χ1v) is 7.82. The van der Waals surface area contributed by atoms with Gasteiger partial charge in [-0.2, -0.15) is 8.78 Å². The molecule has 0 fully saturated rings. The quantitative estimate of drug-likeness (QED) is 0.871. The SMILES string of the molecule is O=C(NCCc1ccc(OC(F)F)cc1)C1COc2ccccc2O1. The van der Waals surface area contributed by atoms with Crippen molar-refractivity contribution in [1.29, 1.82) is 0 Å². The van der Waals surface area contributed by atoms with Gasteiger partial charge in [0.1, 0.15) is 12.4 Å². The number of hydrogen-bond donors (Lipinski definition) is 1. The van der Waals surface area contributed by atoms with Gasteiger partial charge in [0.15, 0.2) is 11.5 Å². The second-order valence-electron chi connectivity index (χ2n) is 5.43. The Morgan fingerprint density at radius 3 is 2.60 bits per heavy atom. The monoisotopic (exact) mass is 349 g/mol. The van der Waals surface area contributed by atoms with E-state index in [2.05, 4.69) is 10.1 Å². The zero-order valence-corrected chi connectivity index (χ0v) is 13.3. The Hall–Kier alpha value is -2.83. The smallest absolute Gasteiger partial charge is 0.387 e. The topological polar surface area (TPSA) is 56.8 Å². The summed E-state index contributed by atoms with van der Waals surface area (Å²) in [6, 6.07) is 13.5. The first kappa shape index (κ1) is 17.0. The van der Waals surface area contributed by atoms with Gasteiger partial charge in [-0.3, -0.25) is 4.79 Å². The molecule has 7 heteroatoms. The minimum atomic E-state index is -2.84. The number of rotatable bonds is 6. The molecule has 2 aromatic rings. The number of alkyl halides is 2. The predicted octanol–water partition coefficient (Wildman–Crippen LogP) is 2.79. The molecule has 3 rings (SSSR count). The molecule has 1 atom stereocenters. The fraction of sp³-hybridized carbons (Fsp3) is 0.278. The third-order valence-electron chi connectivity index (χ3n) is 3.66. The van der Waals surface area contributed by atoms with Gasteiger partial charge in [0, 0.05) is 6.54 Å². The van der Waals surface area contributed by atoms with Gasteiger partial charge < -0.3 is 19.5 Å². The molecule has 1 N–H and O–H groups in total. The average molecular weight is 349 g/mol. The largest absolute Gasteiger partial charge is 0.485 e. The average Bonchev–Trinajstić information content (AvgIpc) is 2.62. The van der Waals surface area contributed by atoms with E-state index in [0.29, 0.717) is 24.5 Å². The maximum absolute atomic E-state index is 12.2. The summed E-state index contributed by atoms with van der Waals surface area (Å²) in [4.78, 5) is 12.2. The first-order chi connectivity index (χ1) is 12.1. The fourth-order valence-electron chi connectivity index (χ4n) is 2.43. The molecule has 0 aliphatic carbocycles. The van der Waals surface area contributed by atoms with Crippen molar-refractivity contribution in [3.8, 4) is 17.2 Å². The Bertz CT molecular complexity index is 721. The van der Waals surface area contributed by atoms with Crippen LogP contribution in [0.3, 0.4) is 0 Å². The van der Waals surface area contributed by atoms with Crippen molar-refractivity contribution in [1.82, 2.24) is 5.32 Å². The normalized spacial score (nSPS) is 15.7. The van der Waals surface area contributed by atoms with Crippen LogP contribution in [-0.2, 0) is 11.2 Å². The van der Waals surface area contributed by atoms with Crippen LogP contribution in [0.15, 0.2) is 48.5 Å². The number of ether oxygens (including phenoxy) is 3. The summed E-state index contributed by atoms with van der Waals surface area (Å²) in [5, 5.41) is 2.78. The van der Waals surface area contributed by atoms with E-state index >= 15 is 0 Å². The van der Waals surface area contributed by atoms with Crippen molar-refractivity contribution < 1.29 is 27.8 Å². The maximum Gasteiger partial charge on any atom is 0.387 e. The van der Waals surface area contributed by atoms with Crippen LogP contribution < -0.4 is 19.5 Å². The van der Waals surface area contributed by atoms with Crippen LogP contribution in [0.25, 0.3) is 0 Å². The molecule has 1 heterocycles. The van der Waals surface area contributed by atoms with Gasteiger partial charge in [-0.1, -0.05) is 24.3 Å². The molecule has 0 aromatic heterocycles.